The molecule has 0 fully saturated rings. The van der Waals surface area contributed by atoms with Gasteiger partial charge in [0.2, 0.25) is 0 Å². The lowest BCUT2D eigenvalue weighted by atomic mass is 10.2. The smallest absolute Gasteiger partial charge is 0.339 e. The van der Waals surface area contributed by atoms with Crippen LogP contribution in [-0.2, 0) is 4.74 Å². The lowest BCUT2D eigenvalue weighted by Gasteiger charge is -2.12. The molecule has 0 aliphatic carbocycles. The van der Waals surface area contributed by atoms with E-state index in [9.17, 15) is 9.59 Å². The predicted octanol–water partition coefficient (Wildman–Crippen LogP) is 3.58. The highest BCUT2D eigenvalue weighted by Crippen LogP contribution is 2.21. The summed E-state index contributed by atoms with van der Waals surface area (Å²) in [6, 6.07) is 15.3. The number of benzene rings is 2. The molecule has 3 aromatic rings. The van der Waals surface area contributed by atoms with E-state index in [4.69, 9.17) is 9.47 Å². The number of aromatic nitrogens is 2. The van der Waals surface area contributed by atoms with E-state index in [1.165, 1.54) is 13.2 Å². The first-order valence-corrected chi connectivity index (χ1v) is 8.75. The summed E-state index contributed by atoms with van der Waals surface area (Å²) in [5, 5.41) is 5.83. The molecule has 148 valence electrons. The molecule has 8 nitrogen and oxygen atoms in total. The van der Waals surface area contributed by atoms with Gasteiger partial charge in [-0.1, -0.05) is 12.1 Å². The van der Waals surface area contributed by atoms with Gasteiger partial charge < -0.3 is 20.1 Å². The van der Waals surface area contributed by atoms with Gasteiger partial charge in [-0.25, -0.2) is 14.8 Å². The first kappa shape index (κ1) is 19.8. The number of esters is 1. The summed E-state index contributed by atoms with van der Waals surface area (Å²) in [5.74, 6) is 0.622. The SMILES string of the molecule is COC(=O)c1ccccc1Nc1cc(C(=O)Nc2ccc(OC)cc2)nc(C)n1. The Bertz CT molecular complexity index is 1040. The van der Waals surface area contributed by atoms with Gasteiger partial charge in [0.15, 0.2) is 0 Å². The number of hydrogen-bond acceptors (Lipinski definition) is 7. The maximum atomic E-state index is 12.6. The van der Waals surface area contributed by atoms with Gasteiger partial charge in [-0.2, -0.15) is 0 Å². The number of ether oxygens (including phenoxy) is 2. The second-order valence-electron chi connectivity index (χ2n) is 6.03. The number of amides is 1. The van der Waals surface area contributed by atoms with Crippen LogP contribution in [0.1, 0.15) is 26.7 Å². The van der Waals surface area contributed by atoms with E-state index >= 15 is 0 Å². The van der Waals surface area contributed by atoms with E-state index in [1.54, 1.807) is 62.6 Å². The molecule has 0 aliphatic rings. The molecule has 0 atom stereocenters. The Labute approximate surface area is 167 Å². The van der Waals surface area contributed by atoms with Crippen molar-refractivity contribution in [3.63, 3.8) is 0 Å². The van der Waals surface area contributed by atoms with E-state index in [1.807, 2.05) is 0 Å². The molecule has 0 bridgehead atoms. The summed E-state index contributed by atoms with van der Waals surface area (Å²) in [5.41, 5.74) is 1.67. The Balaban J connectivity index is 1.83. The summed E-state index contributed by atoms with van der Waals surface area (Å²) < 4.78 is 9.91. The first-order chi connectivity index (χ1) is 14.0. The van der Waals surface area contributed by atoms with Gasteiger partial charge in [0.25, 0.3) is 5.91 Å². The molecular weight excluding hydrogens is 372 g/mol. The van der Waals surface area contributed by atoms with Gasteiger partial charge in [0.05, 0.1) is 25.5 Å². The minimum atomic E-state index is -0.476. The van der Waals surface area contributed by atoms with Crippen molar-refractivity contribution >= 4 is 29.1 Å². The van der Waals surface area contributed by atoms with Crippen LogP contribution >= 0.6 is 0 Å². The maximum absolute atomic E-state index is 12.6. The first-order valence-electron chi connectivity index (χ1n) is 8.75. The molecule has 0 radical (unpaired) electrons. The number of para-hydroxylation sites is 1. The van der Waals surface area contributed by atoms with Crippen LogP contribution < -0.4 is 15.4 Å². The average Bonchev–Trinajstić information content (AvgIpc) is 2.73. The summed E-state index contributed by atoms with van der Waals surface area (Å²) in [6.07, 6.45) is 0. The summed E-state index contributed by atoms with van der Waals surface area (Å²) in [7, 11) is 2.89. The Morgan fingerprint density at radius 2 is 1.69 bits per heavy atom. The van der Waals surface area contributed by atoms with Gasteiger partial charge >= 0.3 is 5.97 Å². The van der Waals surface area contributed by atoms with E-state index in [0.717, 1.165) is 0 Å². The van der Waals surface area contributed by atoms with E-state index in [-0.39, 0.29) is 11.6 Å². The monoisotopic (exact) mass is 392 g/mol. The van der Waals surface area contributed by atoms with Crippen LogP contribution in [0.4, 0.5) is 17.2 Å². The van der Waals surface area contributed by atoms with Crippen LogP contribution in [0, 0.1) is 6.92 Å². The normalized spacial score (nSPS) is 10.2. The zero-order chi connectivity index (χ0) is 20.8. The van der Waals surface area contributed by atoms with Crippen molar-refractivity contribution in [2.24, 2.45) is 0 Å². The number of nitrogens with one attached hydrogen (secondary N) is 2. The maximum Gasteiger partial charge on any atom is 0.339 e. The fraction of sp³-hybridized carbons (Fsp3) is 0.143. The minimum Gasteiger partial charge on any atom is -0.497 e. The van der Waals surface area contributed by atoms with Crippen LogP contribution in [0.2, 0.25) is 0 Å². The Hall–Kier alpha value is -3.94. The molecule has 1 aromatic heterocycles. The zero-order valence-electron chi connectivity index (χ0n) is 16.2. The fourth-order valence-corrected chi connectivity index (χ4v) is 2.64. The van der Waals surface area contributed by atoms with E-state index < -0.39 is 5.97 Å². The van der Waals surface area contributed by atoms with Crippen molar-refractivity contribution < 1.29 is 19.1 Å². The second-order valence-corrected chi connectivity index (χ2v) is 6.03. The highest BCUT2D eigenvalue weighted by molar-refractivity contribution is 6.03. The van der Waals surface area contributed by atoms with E-state index in [2.05, 4.69) is 20.6 Å². The van der Waals surface area contributed by atoms with Crippen molar-refractivity contribution in [3.05, 3.63) is 71.7 Å². The molecule has 2 aromatic carbocycles. The Kier molecular flexibility index (Phi) is 6.03. The summed E-state index contributed by atoms with van der Waals surface area (Å²) in [4.78, 5) is 33.1. The summed E-state index contributed by atoms with van der Waals surface area (Å²) in [6.45, 7) is 1.68. The third kappa shape index (κ3) is 4.86. The number of nitrogens with zero attached hydrogens (tertiary/aromatic N) is 2. The van der Waals surface area contributed by atoms with Gasteiger partial charge in [-0.15, -0.1) is 0 Å². The number of rotatable bonds is 6. The molecule has 0 spiro atoms. The molecular formula is C21H20N4O4. The van der Waals surface area contributed by atoms with Crippen molar-refractivity contribution in [2.45, 2.75) is 6.92 Å². The molecule has 0 saturated heterocycles. The Morgan fingerprint density at radius 1 is 0.966 bits per heavy atom. The molecule has 0 aliphatic heterocycles. The number of anilines is 3. The number of carbonyl (C=O) groups excluding carboxylic acids is 2. The summed E-state index contributed by atoms with van der Waals surface area (Å²) >= 11 is 0. The minimum absolute atomic E-state index is 0.186. The van der Waals surface area contributed by atoms with E-state index in [0.29, 0.717) is 34.3 Å². The lowest BCUT2D eigenvalue weighted by molar-refractivity contribution is 0.0601. The van der Waals surface area contributed by atoms with Gasteiger partial charge in [-0.05, 0) is 43.3 Å². The van der Waals surface area contributed by atoms with Crippen LogP contribution in [0.3, 0.4) is 0 Å². The predicted molar refractivity (Wildman–Crippen MR) is 109 cm³/mol. The topological polar surface area (TPSA) is 102 Å². The molecule has 1 heterocycles. The van der Waals surface area contributed by atoms with Gasteiger partial charge in [-0.3, -0.25) is 4.79 Å². The Morgan fingerprint density at radius 3 is 2.38 bits per heavy atom. The average molecular weight is 392 g/mol. The highest BCUT2D eigenvalue weighted by Gasteiger charge is 2.14. The quantitative estimate of drug-likeness (QED) is 0.618. The molecule has 8 heteroatoms. The van der Waals surface area contributed by atoms with Crippen LogP contribution in [0.5, 0.6) is 5.75 Å². The molecule has 29 heavy (non-hydrogen) atoms. The van der Waals surface area contributed by atoms with Gasteiger partial charge in [0.1, 0.15) is 23.1 Å². The molecule has 2 N–H and O–H groups in total. The fourth-order valence-electron chi connectivity index (χ4n) is 2.64. The number of hydrogen-bond donors (Lipinski definition) is 2. The van der Waals surface area contributed by atoms with Crippen molar-refractivity contribution in [1.29, 1.82) is 0 Å². The van der Waals surface area contributed by atoms with Crippen LogP contribution in [0.25, 0.3) is 0 Å². The number of methoxy groups -OCH3 is 2. The van der Waals surface area contributed by atoms with Crippen molar-refractivity contribution in [1.82, 2.24) is 9.97 Å². The van der Waals surface area contributed by atoms with Crippen LogP contribution in [-0.4, -0.2) is 36.1 Å². The second kappa shape index (κ2) is 8.83. The lowest BCUT2D eigenvalue weighted by Crippen LogP contribution is -2.15. The molecule has 1 amide bonds. The molecule has 0 unspecified atom stereocenters. The largest absolute Gasteiger partial charge is 0.497 e. The van der Waals surface area contributed by atoms with Gasteiger partial charge in [0, 0.05) is 11.8 Å². The standard InChI is InChI=1S/C21H20N4O4/c1-13-22-18(20(26)24-14-8-10-15(28-2)11-9-14)12-19(23-13)25-17-7-5-4-6-16(17)21(27)29-3/h4-12H,1-3H3,(H,24,26)(H,22,23,25). The third-order valence-electron chi connectivity index (χ3n) is 4.01. The number of aryl methyl sites for hydroxylation is 1. The zero-order valence-corrected chi connectivity index (χ0v) is 16.2. The van der Waals surface area contributed by atoms with Crippen molar-refractivity contribution in [2.75, 3.05) is 24.9 Å². The van der Waals surface area contributed by atoms with Crippen LogP contribution in [0.15, 0.2) is 54.6 Å². The molecule has 3 rings (SSSR count). The van der Waals surface area contributed by atoms with Crippen molar-refractivity contribution in [3.8, 4) is 5.75 Å². The molecule has 0 saturated carbocycles. The number of carbonyl (C=O) groups is 2. The third-order valence-corrected chi connectivity index (χ3v) is 4.01. The highest BCUT2D eigenvalue weighted by atomic mass is 16.5.